The monoisotopic (exact) mass is 288 g/mol. The van der Waals surface area contributed by atoms with E-state index in [1.165, 1.54) is 6.92 Å². The van der Waals surface area contributed by atoms with E-state index >= 15 is 0 Å². The molecular formula is C17H20O4. The van der Waals surface area contributed by atoms with E-state index in [2.05, 4.69) is 19.7 Å². The van der Waals surface area contributed by atoms with Gasteiger partial charge in [0.2, 0.25) is 0 Å². The van der Waals surface area contributed by atoms with Crippen LogP contribution in [0.1, 0.15) is 26.2 Å². The molecule has 112 valence electrons. The standard InChI is InChI=1S/C17H20O4/c1-8-5-6-12-9(2)7-13(20-11(4)18)15-10(3)17(19)21-16(15)14(8)12/h12-16H,1-3,5-7H2,4H3. The Hall–Kier alpha value is -1.84. The second-order valence-corrected chi connectivity index (χ2v) is 6.26. The Bertz CT molecular complexity index is 559. The van der Waals surface area contributed by atoms with Crippen molar-refractivity contribution in [1.82, 2.24) is 0 Å². The molecule has 3 rings (SSSR count). The van der Waals surface area contributed by atoms with E-state index in [9.17, 15) is 9.59 Å². The van der Waals surface area contributed by atoms with Crippen molar-refractivity contribution in [3.05, 3.63) is 36.5 Å². The highest BCUT2D eigenvalue weighted by Gasteiger charge is 2.54. The van der Waals surface area contributed by atoms with Crippen LogP contribution in [-0.2, 0) is 19.1 Å². The van der Waals surface area contributed by atoms with Crippen LogP contribution in [0.25, 0.3) is 0 Å². The first-order valence-electron chi connectivity index (χ1n) is 7.32. The molecule has 0 N–H and O–H groups in total. The molecule has 5 unspecified atom stereocenters. The van der Waals surface area contributed by atoms with Gasteiger partial charge in [0.25, 0.3) is 0 Å². The number of hydrogen-bond acceptors (Lipinski definition) is 4. The van der Waals surface area contributed by atoms with E-state index in [1.807, 2.05) is 0 Å². The molecule has 0 radical (unpaired) electrons. The molecule has 3 fully saturated rings. The van der Waals surface area contributed by atoms with E-state index in [0.717, 1.165) is 24.0 Å². The van der Waals surface area contributed by atoms with E-state index in [0.29, 0.717) is 12.0 Å². The van der Waals surface area contributed by atoms with E-state index in [4.69, 9.17) is 9.47 Å². The van der Waals surface area contributed by atoms with Crippen molar-refractivity contribution in [2.24, 2.45) is 17.8 Å². The SMILES string of the molecule is C=C1CC(OC(C)=O)C2C(=C)C(=O)OC2C2C(=C)CCC12. The van der Waals surface area contributed by atoms with Gasteiger partial charge in [-0.05, 0) is 18.8 Å². The molecule has 0 aromatic rings. The minimum Gasteiger partial charge on any atom is -0.461 e. The Morgan fingerprint density at radius 2 is 1.95 bits per heavy atom. The van der Waals surface area contributed by atoms with E-state index in [1.54, 1.807) is 0 Å². The van der Waals surface area contributed by atoms with Crippen molar-refractivity contribution >= 4 is 11.9 Å². The summed E-state index contributed by atoms with van der Waals surface area (Å²) in [6.07, 6.45) is 1.72. The van der Waals surface area contributed by atoms with Crippen LogP contribution in [0, 0.1) is 17.8 Å². The van der Waals surface area contributed by atoms with Crippen LogP contribution in [0.4, 0.5) is 0 Å². The molecule has 2 aliphatic carbocycles. The lowest BCUT2D eigenvalue weighted by atomic mass is 9.81. The van der Waals surface area contributed by atoms with E-state index < -0.39 is 6.10 Å². The number of esters is 2. The summed E-state index contributed by atoms with van der Waals surface area (Å²) < 4.78 is 11.0. The van der Waals surface area contributed by atoms with Crippen molar-refractivity contribution < 1.29 is 19.1 Å². The average Bonchev–Trinajstić information content (AvgIpc) is 2.86. The predicted molar refractivity (Wildman–Crippen MR) is 77.2 cm³/mol. The summed E-state index contributed by atoms with van der Waals surface area (Å²) in [5, 5.41) is 0. The predicted octanol–water partition coefficient (Wildman–Crippen LogP) is 2.56. The normalized spacial score (nSPS) is 38.6. The van der Waals surface area contributed by atoms with Crippen molar-refractivity contribution in [1.29, 1.82) is 0 Å². The number of carbonyl (C=O) groups excluding carboxylic acids is 2. The van der Waals surface area contributed by atoms with Gasteiger partial charge >= 0.3 is 11.9 Å². The Morgan fingerprint density at radius 3 is 2.62 bits per heavy atom. The zero-order valence-corrected chi connectivity index (χ0v) is 12.3. The topological polar surface area (TPSA) is 52.6 Å². The molecule has 0 bridgehead atoms. The summed E-state index contributed by atoms with van der Waals surface area (Å²) in [4.78, 5) is 23.3. The molecule has 2 saturated carbocycles. The highest BCUT2D eigenvalue weighted by molar-refractivity contribution is 5.91. The van der Waals surface area contributed by atoms with Crippen molar-refractivity contribution in [3.8, 4) is 0 Å². The maximum Gasteiger partial charge on any atom is 0.334 e. The lowest BCUT2D eigenvalue weighted by molar-refractivity contribution is -0.150. The van der Waals surface area contributed by atoms with Crippen molar-refractivity contribution in [3.63, 3.8) is 0 Å². The molecular weight excluding hydrogens is 268 g/mol. The van der Waals surface area contributed by atoms with Crippen molar-refractivity contribution in [2.45, 2.75) is 38.4 Å². The quantitative estimate of drug-likeness (QED) is 0.423. The summed E-state index contributed by atoms with van der Waals surface area (Å²) >= 11 is 0. The van der Waals surface area contributed by atoms with Crippen LogP contribution in [0.3, 0.4) is 0 Å². The minimum atomic E-state index is -0.419. The van der Waals surface area contributed by atoms with Crippen LogP contribution in [0.15, 0.2) is 36.5 Å². The van der Waals surface area contributed by atoms with Gasteiger partial charge in [-0.3, -0.25) is 4.79 Å². The summed E-state index contributed by atoms with van der Waals surface area (Å²) in [5.74, 6) is -0.698. The maximum absolute atomic E-state index is 11.9. The van der Waals surface area contributed by atoms with Gasteiger partial charge in [0.1, 0.15) is 12.2 Å². The zero-order chi connectivity index (χ0) is 15.3. The molecule has 0 aromatic heterocycles. The van der Waals surface area contributed by atoms with Gasteiger partial charge in [-0.15, -0.1) is 0 Å². The van der Waals surface area contributed by atoms with Gasteiger partial charge in [-0.2, -0.15) is 0 Å². The van der Waals surface area contributed by atoms with Gasteiger partial charge in [-0.25, -0.2) is 4.79 Å². The minimum absolute atomic E-state index is 0.0752. The van der Waals surface area contributed by atoms with Crippen LogP contribution < -0.4 is 0 Å². The van der Waals surface area contributed by atoms with E-state index in [-0.39, 0.29) is 35.8 Å². The lowest BCUT2D eigenvalue weighted by Gasteiger charge is -2.27. The average molecular weight is 288 g/mol. The third kappa shape index (κ3) is 2.13. The summed E-state index contributed by atoms with van der Waals surface area (Å²) in [6, 6.07) is 0. The smallest absolute Gasteiger partial charge is 0.334 e. The number of carbonyl (C=O) groups is 2. The third-order valence-electron chi connectivity index (χ3n) is 5.00. The Labute approximate surface area is 124 Å². The van der Waals surface area contributed by atoms with Gasteiger partial charge in [-0.1, -0.05) is 30.9 Å². The first-order valence-corrected chi connectivity index (χ1v) is 7.32. The lowest BCUT2D eigenvalue weighted by Crippen LogP contribution is -2.35. The second-order valence-electron chi connectivity index (χ2n) is 6.26. The zero-order valence-electron chi connectivity index (χ0n) is 12.3. The fourth-order valence-electron chi connectivity index (χ4n) is 4.10. The summed E-state index contributed by atoms with van der Waals surface area (Å²) in [6.45, 7) is 13.6. The Balaban J connectivity index is 2.02. The van der Waals surface area contributed by atoms with Crippen LogP contribution in [-0.4, -0.2) is 24.1 Å². The van der Waals surface area contributed by atoms with Crippen LogP contribution in [0.5, 0.6) is 0 Å². The van der Waals surface area contributed by atoms with Crippen LogP contribution in [0.2, 0.25) is 0 Å². The van der Waals surface area contributed by atoms with Gasteiger partial charge < -0.3 is 9.47 Å². The molecule has 1 heterocycles. The number of hydrogen-bond donors (Lipinski definition) is 0. The summed E-state index contributed by atoms with van der Waals surface area (Å²) in [7, 11) is 0. The maximum atomic E-state index is 11.9. The number of rotatable bonds is 1. The molecule has 1 aliphatic heterocycles. The number of fused-ring (bicyclic) bond motifs is 3. The molecule has 3 aliphatic rings. The largest absolute Gasteiger partial charge is 0.461 e. The Morgan fingerprint density at radius 1 is 1.24 bits per heavy atom. The first kappa shape index (κ1) is 14.1. The molecule has 1 saturated heterocycles. The summed E-state index contributed by atoms with van der Waals surface area (Å²) in [5.41, 5.74) is 2.56. The highest BCUT2D eigenvalue weighted by atomic mass is 16.6. The fraction of sp³-hybridized carbons (Fsp3) is 0.529. The van der Waals surface area contributed by atoms with Gasteiger partial charge in [0.15, 0.2) is 0 Å². The molecule has 21 heavy (non-hydrogen) atoms. The molecule has 0 aromatic carbocycles. The molecule has 0 amide bonds. The molecule has 4 heteroatoms. The first-order chi connectivity index (χ1) is 9.90. The highest BCUT2D eigenvalue weighted by Crippen LogP contribution is 2.52. The molecule has 0 spiro atoms. The third-order valence-corrected chi connectivity index (χ3v) is 5.00. The van der Waals surface area contributed by atoms with Gasteiger partial charge in [0, 0.05) is 24.8 Å². The van der Waals surface area contributed by atoms with Crippen LogP contribution >= 0.6 is 0 Å². The second kappa shape index (κ2) is 4.86. The van der Waals surface area contributed by atoms with Gasteiger partial charge in [0.05, 0.1) is 5.92 Å². The fourth-order valence-corrected chi connectivity index (χ4v) is 4.10. The number of ether oxygens (including phenoxy) is 2. The molecule has 5 atom stereocenters. The van der Waals surface area contributed by atoms with Crippen molar-refractivity contribution in [2.75, 3.05) is 0 Å². The Kier molecular flexibility index (Phi) is 3.27. The molecule has 4 nitrogen and oxygen atoms in total.